The first-order valence-electron chi connectivity index (χ1n) is 8.39. The van der Waals surface area contributed by atoms with Crippen LogP contribution >= 0.6 is 0 Å². The lowest BCUT2D eigenvalue weighted by molar-refractivity contribution is 0.102. The number of carbonyl (C=O) groups is 1. The molecule has 0 unspecified atom stereocenters. The van der Waals surface area contributed by atoms with E-state index in [-0.39, 0.29) is 16.1 Å². The third-order valence-corrected chi connectivity index (χ3v) is 5.38. The van der Waals surface area contributed by atoms with Crippen molar-refractivity contribution < 1.29 is 17.6 Å². The first-order chi connectivity index (χ1) is 13.3. The number of amides is 1. The zero-order valence-corrected chi connectivity index (χ0v) is 16.0. The lowest BCUT2D eigenvalue weighted by atomic mass is 10.1. The van der Waals surface area contributed by atoms with Gasteiger partial charge in [0, 0.05) is 11.3 Å². The minimum absolute atomic E-state index is 0.149. The molecule has 3 aromatic rings. The molecule has 0 saturated heterocycles. The molecule has 8 heteroatoms. The summed E-state index contributed by atoms with van der Waals surface area (Å²) in [7, 11) is -4.07. The summed E-state index contributed by atoms with van der Waals surface area (Å²) >= 11 is 0. The van der Waals surface area contributed by atoms with Gasteiger partial charge in [-0.3, -0.25) is 9.52 Å². The molecule has 144 valence electrons. The molecule has 0 bridgehead atoms. The fourth-order valence-corrected chi connectivity index (χ4v) is 3.65. The molecule has 1 heterocycles. The summed E-state index contributed by atoms with van der Waals surface area (Å²) < 4.78 is 41.2. The largest absolute Gasteiger partial charge is 0.307 e. The summed E-state index contributed by atoms with van der Waals surface area (Å²) in [5.74, 6) is -0.817. The number of nitrogens with zero attached hydrogens (tertiary/aromatic N) is 1. The Balaban J connectivity index is 1.90. The van der Waals surface area contributed by atoms with Gasteiger partial charge < -0.3 is 5.32 Å². The third kappa shape index (κ3) is 4.34. The van der Waals surface area contributed by atoms with E-state index in [1.807, 2.05) is 0 Å². The van der Waals surface area contributed by atoms with Crippen molar-refractivity contribution in [3.05, 3.63) is 83.3 Å². The van der Waals surface area contributed by atoms with Gasteiger partial charge in [0.15, 0.2) is 0 Å². The highest BCUT2D eigenvalue weighted by atomic mass is 32.2. The topological polar surface area (TPSA) is 88.2 Å². The fourth-order valence-electron chi connectivity index (χ4n) is 2.56. The predicted molar refractivity (Wildman–Crippen MR) is 105 cm³/mol. The summed E-state index contributed by atoms with van der Waals surface area (Å²) in [6, 6.07) is 14.8. The van der Waals surface area contributed by atoms with Gasteiger partial charge in [0.2, 0.25) is 0 Å². The number of benzene rings is 2. The van der Waals surface area contributed by atoms with E-state index in [1.165, 1.54) is 36.4 Å². The molecule has 0 aliphatic carbocycles. The molecule has 0 fully saturated rings. The van der Waals surface area contributed by atoms with Crippen molar-refractivity contribution in [3.63, 3.8) is 0 Å². The summed E-state index contributed by atoms with van der Waals surface area (Å²) in [6.07, 6.45) is 0. The molecule has 1 amide bonds. The van der Waals surface area contributed by atoms with Crippen LogP contribution in [0.4, 0.5) is 15.9 Å². The van der Waals surface area contributed by atoms with Crippen LogP contribution in [0.2, 0.25) is 0 Å². The molecular weight excluding hydrogens is 381 g/mol. The number of aryl methyl sites for hydroxylation is 2. The Morgan fingerprint density at radius 1 is 1.00 bits per heavy atom. The van der Waals surface area contributed by atoms with Gasteiger partial charge in [-0.05, 0) is 55.8 Å². The molecule has 28 heavy (non-hydrogen) atoms. The zero-order valence-electron chi connectivity index (χ0n) is 15.2. The fraction of sp³-hybridized carbons (Fsp3) is 0.100. The van der Waals surface area contributed by atoms with Crippen molar-refractivity contribution in [2.45, 2.75) is 18.7 Å². The highest BCUT2D eigenvalue weighted by molar-refractivity contribution is 7.92. The lowest BCUT2D eigenvalue weighted by Crippen LogP contribution is -2.18. The molecule has 3 rings (SSSR count). The lowest BCUT2D eigenvalue weighted by Gasteiger charge is -2.12. The third-order valence-electron chi connectivity index (χ3n) is 4.01. The van der Waals surface area contributed by atoms with Gasteiger partial charge in [0.1, 0.15) is 11.6 Å². The summed E-state index contributed by atoms with van der Waals surface area (Å²) in [6.45, 7) is 3.49. The van der Waals surface area contributed by atoms with Gasteiger partial charge in [-0.1, -0.05) is 24.3 Å². The Hall–Kier alpha value is -3.26. The van der Waals surface area contributed by atoms with E-state index in [9.17, 15) is 17.6 Å². The SMILES string of the molecule is Cc1cccc(NC(=O)c2cc(S(=O)(=O)Nc3ccccc3F)ccc2C)n1. The smallest absolute Gasteiger partial charge is 0.262 e. The number of carbonyl (C=O) groups excluding carboxylic acids is 1. The number of nitrogens with one attached hydrogen (secondary N) is 2. The van der Waals surface area contributed by atoms with Crippen molar-refractivity contribution in [2.24, 2.45) is 0 Å². The Morgan fingerprint density at radius 2 is 1.75 bits per heavy atom. The van der Waals surface area contributed by atoms with Crippen molar-refractivity contribution in [3.8, 4) is 0 Å². The summed E-state index contributed by atoms with van der Waals surface area (Å²) in [5, 5.41) is 2.65. The summed E-state index contributed by atoms with van der Waals surface area (Å²) in [5.41, 5.74) is 1.34. The molecule has 2 aromatic carbocycles. The average Bonchev–Trinajstić information content (AvgIpc) is 2.63. The van der Waals surface area contributed by atoms with E-state index >= 15 is 0 Å². The van der Waals surface area contributed by atoms with Crippen LogP contribution in [0.3, 0.4) is 0 Å². The van der Waals surface area contributed by atoms with Crippen LogP contribution in [-0.4, -0.2) is 19.3 Å². The molecule has 2 N–H and O–H groups in total. The Labute approximate surface area is 162 Å². The minimum atomic E-state index is -4.07. The second kappa shape index (κ2) is 7.77. The highest BCUT2D eigenvalue weighted by Crippen LogP contribution is 2.21. The maximum Gasteiger partial charge on any atom is 0.262 e. The highest BCUT2D eigenvalue weighted by Gasteiger charge is 2.19. The molecule has 0 atom stereocenters. The summed E-state index contributed by atoms with van der Waals surface area (Å²) in [4.78, 5) is 16.7. The molecule has 0 radical (unpaired) electrons. The van der Waals surface area contributed by atoms with Crippen molar-refractivity contribution in [2.75, 3.05) is 10.0 Å². The van der Waals surface area contributed by atoms with Crippen LogP contribution in [0.15, 0.2) is 65.6 Å². The van der Waals surface area contributed by atoms with E-state index in [1.54, 1.807) is 32.0 Å². The second-order valence-corrected chi connectivity index (χ2v) is 7.86. The normalized spacial score (nSPS) is 11.1. The number of para-hydroxylation sites is 1. The number of aromatic nitrogens is 1. The monoisotopic (exact) mass is 399 g/mol. The van der Waals surface area contributed by atoms with Crippen molar-refractivity contribution in [1.29, 1.82) is 0 Å². The van der Waals surface area contributed by atoms with E-state index < -0.39 is 21.7 Å². The van der Waals surface area contributed by atoms with Crippen LogP contribution in [0.1, 0.15) is 21.6 Å². The number of halogens is 1. The molecule has 0 saturated carbocycles. The van der Waals surface area contributed by atoms with Crippen LogP contribution in [-0.2, 0) is 10.0 Å². The van der Waals surface area contributed by atoms with Crippen molar-refractivity contribution in [1.82, 2.24) is 4.98 Å². The van der Waals surface area contributed by atoms with Gasteiger partial charge in [0.05, 0.1) is 10.6 Å². The van der Waals surface area contributed by atoms with Gasteiger partial charge >= 0.3 is 0 Å². The number of anilines is 2. The van der Waals surface area contributed by atoms with Gasteiger partial charge in [-0.15, -0.1) is 0 Å². The minimum Gasteiger partial charge on any atom is -0.307 e. The Morgan fingerprint density at radius 3 is 2.46 bits per heavy atom. The van der Waals surface area contributed by atoms with Crippen LogP contribution in [0.5, 0.6) is 0 Å². The van der Waals surface area contributed by atoms with E-state index in [4.69, 9.17) is 0 Å². The molecule has 6 nitrogen and oxygen atoms in total. The molecular formula is C20H18FN3O3S. The quantitative estimate of drug-likeness (QED) is 0.681. The molecule has 0 spiro atoms. The Kier molecular flexibility index (Phi) is 5.41. The number of hydrogen-bond acceptors (Lipinski definition) is 4. The molecule has 0 aliphatic rings. The zero-order chi connectivity index (χ0) is 20.3. The van der Waals surface area contributed by atoms with E-state index in [2.05, 4.69) is 15.0 Å². The predicted octanol–water partition coefficient (Wildman–Crippen LogP) is 3.89. The number of pyridine rings is 1. The number of hydrogen-bond donors (Lipinski definition) is 2. The number of sulfonamides is 1. The van der Waals surface area contributed by atoms with Crippen LogP contribution < -0.4 is 10.0 Å². The molecule has 0 aliphatic heterocycles. The maximum absolute atomic E-state index is 13.8. The Bertz CT molecular complexity index is 1150. The van der Waals surface area contributed by atoms with Gasteiger partial charge in [-0.25, -0.2) is 17.8 Å². The first-order valence-corrected chi connectivity index (χ1v) is 9.87. The van der Waals surface area contributed by atoms with Crippen LogP contribution in [0.25, 0.3) is 0 Å². The standard InChI is InChI=1S/C20H18FN3O3S/c1-13-10-11-15(28(26,27)24-18-8-4-3-7-17(18)21)12-16(13)20(25)23-19-9-5-6-14(2)22-19/h3-12,24H,1-2H3,(H,22,23,25). The van der Waals surface area contributed by atoms with Crippen LogP contribution in [0, 0.1) is 19.7 Å². The van der Waals surface area contributed by atoms with E-state index in [0.717, 1.165) is 11.8 Å². The first kappa shape index (κ1) is 19.5. The average molecular weight is 399 g/mol. The second-order valence-electron chi connectivity index (χ2n) is 6.18. The molecule has 1 aromatic heterocycles. The maximum atomic E-state index is 13.8. The van der Waals surface area contributed by atoms with Gasteiger partial charge in [-0.2, -0.15) is 0 Å². The van der Waals surface area contributed by atoms with Crippen molar-refractivity contribution >= 4 is 27.4 Å². The van der Waals surface area contributed by atoms with Gasteiger partial charge in [0.25, 0.3) is 15.9 Å². The number of rotatable bonds is 5. The van der Waals surface area contributed by atoms with E-state index in [0.29, 0.717) is 11.4 Å².